The van der Waals surface area contributed by atoms with Crippen molar-refractivity contribution in [3.63, 3.8) is 0 Å². The number of pyridine rings is 1. The number of aromatic nitrogens is 1. The third kappa shape index (κ3) is 3.71. The molecule has 23 heavy (non-hydrogen) atoms. The molecule has 1 amide bonds. The van der Waals surface area contributed by atoms with Gasteiger partial charge in [0.1, 0.15) is 18.4 Å². The Bertz CT molecular complexity index is 690. The number of carbonyl (C=O) groups excluding carboxylic acids is 1. The van der Waals surface area contributed by atoms with Crippen LogP contribution in [0.25, 0.3) is 0 Å². The number of ether oxygens (including phenoxy) is 2. The highest BCUT2D eigenvalue weighted by Crippen LogP contribution is 2.31. The summed E-state index contributed by atoms with van der Waals surface area (Å²) in [6.07, 6.45) is 2.42. The fourth-order valence-electron chi connectivity index (χ4n) is 2.38. The molecule has 6 heteroatoms. The zero-order valence-electron chi connectivity index (χ0n) is 12.9. The Morgan fingerprint density at radius 1 is 1.30 bits per heavy atom. The SMILES string of the molecule is CNC(=O)c1cc(NCCC2COc3ccccc3O2)ccn1. The Hall–Kier alpha value is -2.76. The first-order chi connectivity index (χ1) is 11.3. The molecule has 2 N–H and O–H groups in total. The smallest absolute Gasteiger partial charge is 0.269 e. The summed E-state index contributed by atoms with van der Waals surface area (Å²) in [5.41, 5.74) is 1.25. The maximum atomic E-state index is 11.6. The summed E-state index contributed by atoms with van der Waals surface area (Å²) >= 11 is 0. The topological polar surface area (TPSA) is 72.5 Å². The molecule has 0 fully saturated rings. The minimum atomic E-state index is -0.200. The van der Waals surface area contributed by atoms with Gasteiger partial charge in [0, 0.05) is 31.9 Å². The van der Waals surface area contributed by atoms with E-state index in [1.54, 1.807) is 19.3 Å². The quantitative estimate of drug-likeness (QED) is 0.884. The monoisotopic (exact) mass is 313 g/mol. The van der Waals surface area contributed by atoms with Gasteiger partial charge in [-0.25, -0.2) is 0 Å². The molecule has 3 rings (SSSR count). The van der Waals surface area contributed by atoms with Crippen LogP contribution in [0.1, 0.15) is 16.9 Å². The lowest BCUT2D eigenvalue weighted by Crippen LogP contribution is -2.31. The van der Waals surface area contributed by atoms with E-state index >= 15 is 0 Å². The van der Waals surface area contributed by atoms with Crippen molar-refractivity contribution >= 4 is 11.6 Å². The predicted molar refractivity (Wildman–Crippen MR) is 87.1 cm³/mol. The second-order valence-electron chi connectivity index (χ2n) is 5.22. The van der Waals surface area contributed by atoms with E-state index in [9.17, 15) is 4.79 Å². The molecule has 1 aromatic heterocycles. The molecule has 1 aliphatic rings. The van der Waals surface area contributed by atoms with Crippen molar-refractivity contribution in [1.29, 1.82) is 0 Å². The van der Waals surface area contributed by atoms with Crippen LogP contribution in [0.5, 0.6) is 11.5 Å². The van der Waals surface area contributed by atoms with Gasteiger partial charge in [0.25, 0.3) is 5.91 Å². The average Bonchev–Trinajstić information content (AvgIpc) is 2.61. The van der Waals surface area contributed by atoms with E-state index in [4.69, 9.17) is 9.47 Å². The number of rotatable bonds is 5. The number of benzene rings is 1. The van der Waals surface area contributed by atoms with E-state index < -0.39 is 0 Å². The van der Waals surface area contributed by atoms with Crippen molar-refractivity contribution in [2.45, 2.75) is 12.5 Å². The summed E-state index contributed by atoms with van der Waals surface area (Å²) < 4.78 is 11.6. The first-order valence-electron chi connectivity index (χ1n) is 7.57. The van der Waals surface area contributed by atoms with Crippen molar-refractivity contribution in [3.8, 4) is 11.5 Å². The Morgan fingerprint density at radius 3 is 2.96 bits per heavy atom. The number of nitrogens with zero attached hydrogens (tertiary/aromatic N) is 1. The maximum absolute atomic E-state index is 11.6. The molecule has 0 saturated carbocycles. The molecular formula is C17H19N3O3. The van der Waals surface area contributed by atoms with Crippen LogP contribution in [0.2, 0.25) is 0 Å². The molecule has 0 aliphatic carbocycles. The number of hydrogen-bond acceptors (Lipinski definition) is 5. The van der Waals surface area contributed by atoms with Gasteiger partial charge >= 0.3 is 0 Å². The summed E-state index contributed by atoms with van der Waals surface area (Å²) in [5, 5.41) is 5.84. The summed E-state index contributed by atoms with van der Waals surface area (Å²) in [6.45, 7) is 1.26. The van der Waals surface area contributed by atoms with Gasteiger partial charge in [-0.15, -0.1) is 0 Å². The molecule has 2 aromatic rings. The van der Waals surface area contributed by atoms with Gasteiger partial charge < -0.3 is 20.1 Å². The van der Waals surface area contributed by atoms with E-state index in [1.807, 2.05) is 30.3 Å². The Labute approximate surface area is 134 Å². The molecule has 2 heterocycles. The van der Waals surface area contributed by atoms with Crippen LogP contribution >= 0.6 is 0 Å². The van der Waals surface area contributed by atoms with Gasteiger partial charge in [-0.05, 0) is 24.3 Å². The fraction of sp³-hybridized carbons (Fsp3) is 0.294. The van der Waals surface area contributed by atoms with Crippen molar-refractivity contribution in [1.82, 2.24) is 10.3 Å². The van der Waals surface area contributed by atoms with Gasteiger partial charge in [0.15, 0.2) is 11.5 Å². The number of anilines is 1. The highest BCUT2D eigenvalue weighted by atomic mass is 16.6. The molecule has 1 aliphatic heterocycles. The number of carbonyl (C=O) groups is 1. The Balaban J connectivity index is 1.52. The highest BCUT2D eigenvalue weighted by Gasteiger charge is 2.20. The largest absolute Gasteiger partial charge is 0.486 e. The molecule has 0 radical (unpaired) electrons. The van der Waals surface area contributed by atoms with Crippen LogP contribution in [0.4, 0.5) is 5.69 Å². The number of hydrogen-bond donors (Lipinski definition) is 2. The molecule has 0 spiro atoms. The zero-order chi connectivity index (χ0) is 16.1. The van der Waals surface area contributed by atoms with Crippen LogP contribution in [0.3, 0.4) is 0 Å². The summed E-state index contributed by atoms with van der Waals surface area (Å²) in [6, 6.07) is 11.2. The van der Waals surface area contributed by atoms with Gasteiger partial charge in [-0.3, -0.25) is 9.78 Å². The molecular weight excluding hydrogens is 294 g/mol. The average molecular weight is 313 g/mol. The van der Waals surface area contributed by atoms with Crippen molar-refractivity contribution in [2.75, 3.05) is 25.5 Å². The lowest BCUT2D eigenvalue weighted by atomic mass is 10.2. The van der Waals surface area contributed by atoms with Gasteiger partial charge in [0.2, 0.25) is 0 Å². The van der Waals surface area contributed by atoms with Crippen LogP contribution < -0.4 is 20.1 Å². The summed E-state index contributed by atoms with van der Waals surface area (Å²) in [5.74, 6) is 1.38. The number of amides is 1. The van der Waals surface area contributed by atoms with Crippen LogP contribution in [-0.4, -0.2) is 37.2 Å². The first-order valence-corrected chi connectivity index (χ1v) is 7.57. The minimum Gasteiger partial charge on any atom is -0.486 e. The second-order valence-corrected chi connectivity index (χ2v) is 5.22. The third-order valence-corrected chi connectivity index (χ3v) is 3.58. The second kappa shape index (κ2) is 7.00. The van der Waals surface area contributed by atoms with E-state index in [-0.39, 0.29) is 12.0 Å². The zero-order valence-corrected chi connectivity index (χ0v) is 12.9. The molecule has 6 nitrogen and oxygen atoms in total. The standard InChI is InChI=1S/C17H19N3O3/c1-18-17(21)14-10-12(6-8-20-14)19-9-7-13-11-22-15-4-2-3-5-16(15)23-13/h2-6,8,10,13H,7,9,11H2,1H3,(H,18,21)(H,19,20). The number of para-hydroxylation sites is 2. The van der Waals surface area contributed by atoms with E-state index in [1.165, 1.54) is 0 Å². The van der Waals surface area contributed by atoms with Gasteiger partial charge in [0.05, 0.1) is 0 Å². The maximum Gasteiger partial charge on any atom is 0.269 e. The molecule has 0 saturated heterocycles. The van der Waals surface area contributed by atoms with E-state index in [0.29, 0.717) is 18.8 Å². The first kappa shape index (κ1) is 15.1. The molecule has 1 unspecified atom stereocenters. The van der Waals surface area contributed by atoms with Gasteiger partial charge in [-0.1, -0.05) is 12.1 Å². The predicted octanol–water partition coefficient (Wildman–Crippen LogP) is 2.08. The Morgan fingerprint density at radius 2 is 2.13 bits per heavy atom. The van der Waals surface area contributed by atoms with Crippen LogP contribution in [-0.2, 0) is 0 Å². The molecule has 120 valence electrons. The van der Waals surface area contributed by atoms with Gasteiger partial charge in [-0.2, -0.15) is 0 Å². The van der Waals surface area contributed by atoms with E-state index in [2.05, 4.69) is 15.6 Å². The Kier molecular flexibility index (Phi) is 4.61. The summed E-state index contributed by atoms with van der Waals surface area (Å²) in [7, 11) is 1.59. The highest BCUT2D eigenvalue weighted by molar-refractivity contribution is 5.92. The lowest BCUT2D eigenvalue weighted by molar-refractivity contribution is 0.0873. The lowest BCUT2D eigenvalue weighted by Gasteiger charge is -2.26. The van der Waals surface area contributed by atoms with Crippen molar-refractivity contribution in [3.05, 3.63) is 48.3 Å². The van der Waals surface area contributed by atoms with Crippen LogP contribution in [0, 0.1) is 0 Å². The normalized spacial score (nSPS) is 15.8. The minimum absolute atomic E-state index is 0.0117. The number of fused-ring (bicyclic) bond motifs is 1. The summed E-state index contributed by atoms with van der Waals surface area (Å²) in [4.78, 5) is 15.6. The van der Waals surface area contributed by atoms with Crippen LogP contribution in [0.15, 0.2) is 42.6 Å². The van der Waals surface area contributed by atoms with E-state index in [0.717, 1.165) is 23.6 Å². The molecule has 1 atom stereocenters. The van der Waals surface area contributed by atoms with Crippen molar-refractivity contribution in [2.24, 2.45) is 0 Å². The number of nitrogens with one attached hydrogen (secondary N) is 2. The third-order valence-electron chi connectivity index (χ3n) is 3.58. The fourth-order valence-corrected chi connectivity index (χ4v) is 2.38. The molecule has 1 aromatic carbocycles. The molecule has 0 bridgehead atoms. The van der Waals surface area contributed by atoms with Crippen molar-refractivity contribution < 1.29 is 14.3 Å².